The summed E-state index contributed by atoms with van der Waals surface area (Å²) in [7, 11) is 0. The molecule has 3 atom stereocenters. The summed E-state index contributed by atoms with van der Waals surface area (Å²) in [6.07, 6.45) is 4.01. The van der Waals surface area contributed by atoms with Crippen LogP contribution in [0.25, 0.3) is 5.57 Å². The molecule has 0 saturated carbocycles. The lowest BCUT2D eigenvalue weighted by molar-refractivity contribution is -0.131. The molecule has 0 aromatic heterocycles. The van der Waals surface area contributed by atoms with E-state index in [1.165, 1.54) is 5.56 Å². The fourth-order valence-corrected chi connectivity index (χ4v) is 5.35. The maximum Gasteiger partial charge on any atom is 0.254 e. The van der Waals surface area contributed by atoms with E-state index in [-0.39, 0.29) is 17.4 Å². The number of amides is 1. The molecule has 2 heterocycles. The summed E-state index contributed by atoms with van der Waals surface area (Å²) in [5.41, 5.74) is 4.32. The number of ether oxygens (including phenoxy) is 1. The van der Waals surface area contributed by atoms with Crippen molar-refractivity contribution in [1.82, 2.24) is 4.90 Å². The maximum absolute atomic E-state index is 13.4. The van der Waals surface area contributed by atoms with Gasteiger partial charge in [0.1, 0.15) is 12.4 Å². The highest BCUT2D eigenvalue weighted by Crippen LogP contribution is 2.45. The van der Waals surface area contributed by atoms with Crippen LogP contribution >= 0.6 is 0 Å². The molecule has 0 N–H and O–H groups in total. The third-order valence-electron chi connectivity index (χ3n) is 7.57. The zero-order chi connectivity index (χ0) is 22.8. The van der Waals surface area contributed by atoms with Crippen LogP contribution in [0.1, 0.15) is 43.4 Å². The Labute approximate surface area is 196 Å². The van der Waals surface area contributed by atoms with E-state index in [2.05, 4.69) is 55.2 Å². The number of benzene rings is 3. The maximum atomic E-state index is 13.4. The molecule has 3 nitrogen and oxygen atoms in total. The van der Waals surface area contributed by atoms with Crippen LogP contribution in [0.2, 0.25) is 0 Å². The summed E-state index contributed by atoms with van der Waals surface area (Å²) < 4.78 is 6.12. The lowest BCUT2D eigenvalue weighted by Gasteiger charge is -2.51. The Morgan fingerprint density at radius 3 is 2.45 bits per heavy atom. The normalized spacial score (nSPS) is 24.7. The number of carbonyl (C=O) groups is 1. The van der Waals surface area contributed by atoms with Crippen LogP contribution in [0, 0.1) is 5.92 Å². The van der Waals surface area contributed by atoms with Crippen molar-refractivity contribution in [3.05, 3.63) is 108 Å². The molecular weight excluding hydrogens is 406 g/mol. The molecule has 3 heteroatoms. The van der Waals surface area contributed by atoms with Gasteiger partial charge in [0, 0.05) is 18.2 Å². The van der Waals surface area contributed by atoms with E-state index < -0.39 is 0 Å². The predicted octanol–water partition coefficient (Wildman–Crippen LogP) is 6.25. The number of fused-ring (bicyclic) bond motifs is 1. The van der Waals surface area contributed by atoms with Crippen LogP contribution in [-0.2, 0) is 16.8 Å². The number of nitrogens with zero attached hydrogens (tertiary/aromatic N) is 1. The summed E-state index contributed by atoms with van der Waals surface area (Å²) in [6.45, 7) is 5.97. The first-order chi connectivity index (χ1) is 16.0. The molecular formula is C30H31NO2. The third-order valence-corrected chi connectivity index (χ3v) is 7.57. The van der Waals surface area contributed by atoms with Crippen LogP contribution in [-0.4, -0.2) is 23.4 Å². The molecule has 0 radical (unpaired) electrons. The van der Waals surface area contributed by atoms with E-state index in [1.54, 1.807) is 0 Å². The van der Waals surface area contributed by atoms with E-state index in [0.29, 0.717) is 12.5 Å². The van der Waals surface area contributed by atoms with Crippen molar-refractivity contribution in [1.29, 1.82) is 0 Å². The van der Waals surface area contributed by atoms with Gasteiger partial charge in [-0.2, -0.15) is 0 Å². The molecule has 3 aromatic rings. The highest BCUT2D eigenvalue weighted by Gasteiger charge is 2.45. The van der Waals surface area contributed by atoms with Crippen molar-refractivity contribution in [3.63, 3.8) is 0 Å². The second kappa shape index (κ2) is 8.90. The predicted molar refractivity (Wildman–Crippen MR) is 133 cm³/mol. The second-order valence-electron chi connectivity index (χ2n) is 9.66. The molecule has 1 fully saturated rings. The highest BCUT2D eigenvalue weighted by atomic mass is 16.5. The van der Waals surface area contributed by atoms with Gasteiger partial charge in [-0.05, 0) is 53.0 Å². The average Bonchev–Trinajstić information content (AvgIpc) is 2.86. The van der Waals surface area contributed by atoms with Gasteiger partial charge in [-0.25, -0.2) is 0 Å². The Balaban J connectivity index is 1.35. The summed E-state index contributed by atoms with van der Waals surface area (Å²) >= 11 is 0. The number of piperidine rings is 1. The molecule has 0 aliphatic carbocycles. The molecule has 0 unspecified atom stereocenters. The van der Waals surface area contributed by atoms with Gasteiger partial charge in [-0.15, -0.1) is 0 Å². The van der Waals surface area contributed by atoms with Gasteiger partial charge in [0.05, 0.1) is 0 Å². The minimum absolute atomic E-state index is 0.00828. The number of hydrogen-bond donors (Lipinski definition) is 0. The quantitative estimate of drug-likeness (QED) is 0.472. The first-order valence-corrected chi connectivity index (χ1v) is 11.9. The molecule has 2 aliphatic heterocycles. The first kappa shape index (κ1) is 21.5. The third kappa shape index (κ3) is 4.20. The van der Waals surface area contributed by atoms with Gasteiger partial charge in [-0.3, -0.25) is 4.79 Å². The summed E-state index contributed by atoms with van der Waals surface area (Å²) in [5.74, 6) is 1.42. The average molecular weight is 438 g/mol. The van der Waals surface area contributed by atoms with Crippen molar-refractivity contribution in [3.8, 4) is 5.75 Å². The van der Waals surface area contributed by atoms with Crippen molar-refractivity contribution < 1.29 is 9.53 Å². The first-order valence-electron chi connectivity index (χ1n) is 11.9. The molecule has 5 rings (SSSR count). The summed E-state index contributed by atoms with van der Waals surface area (Å²) in [6, 6.07) is 29.1. The topological polar surface area (TPSA) is 29.5 Å². The van der Waals surface area contributed by atoms with Crippen LogP contribution in [0.15, 0.2) is 91.0 Å². The number of rotatable bonds is 5. The molecule has 168 valence electrons. The van der Waals surface area contributed by atoms with E-state index >= 15 is 0 Å². The lowest BCUT2D eigenvalue weighted by Crippen LogP contribution is -2.56. The monoisotopic (exact) mass is 437 g/mol. The lowest BCUT2D eigenvalue weighted by atomic mass is 9.65. The molecule has 0 spiro atoms. The Morgan fingerprint density at radius 2 is 1.70 bits per heavy atom. The van der Waals surface area contributed by atoms with Crippen molar-refractivity contribution in [2.75, 3.05) is 6.54 Å². The highest BCUT2D eigenvalue weighted by molar-refractivity contribution is 6.20. The Kier molecular flexibility index (Phi) is 5.80. The van der Waals surface area contributed by atoms with Crippen molar-refractivity contribution in [2.45, 2.75) is 44.8 Å². The standard InChI is InChI=1S/C30H31NO2/c1-22-20-31-26(16-17-28(29(31)32)24-12-7-4-8-13-24)19-30(22,2)25-14-9-15-27(18-25)33-21-23-10-5-3-6-11-23/h3-15,17-18,22,26H,16,19-21H2,1-2H3/t22-,26+,30+/m0/s1. The van der Waals surface area contributed by atoms with Gasteiger partial charge in [-0.1, -0.05) is 92.7 Å². The minimum atomic E-state index is -0.00828. The molecule has 33 heavy (non-hydrogen) atoms. The zero-order valence-electron chi connectivity index (χ0n) is 19.4. The molecule has 3 aromatic carbocycles. The number of hydrogen-bond acceptors (Lipinski definition) is 2. The smallest absolute Gasteiger partial charge is 0.254 e. The fraction of sp³-hybridized carbons (Fsp3) is 0.300. The second-order valence-corrected chi connectivity index (χ2v) is 9.66. The van der Waals surface area contributed by atoms with Crippen LogP contribution in [0.4, 0.5) is 0 Å². The molecule has 1 saturated heterocycles. The Bertz CT molecular complexity index is 1150. The Morgan fingerprint density at radius 1 is 0.970 bits per heavy atom. The fourth-order valence-electron chi connectivity index (χ4n) is 5.35. The number of carbonyl (C=O) groups excluding carboxylic acids is 1. The van der Waals surface area contributed by atoms with E-state index in [9.17, 15) is 4.79 Å². The van der Waals surface area contributed by atoms with Crippen molar-refractivity contribution >= 4 is 11.5 Å². The molecule has 2 aliphatic rings. The van der Waals surface area contributed by atoms with E-state index in [0.717, 1.165) is 41.8 Å². The zero-order valence-corrected chi connectivity index (χ0v) is 19.4. The minimum Gasteiger partial charge on any atom is -0.489 e. The van der Waals surface area contributed by atoms with Crippen molar-refractivity contribution in [2.24, 2.45) is 5.92 Å². The van der Waals surface area contributed by atoms with E-state index in [1.807, 2.05) is 54.6 Å². The van der Waals surface area contributed by atoms with Gasteiger partial charge >= 0.3 is 0 Å². The largest absolute Gasteiger partial charge is 0.489 e. The SMILES string of the molecule is C[C@H]1CN2C(=O)C(c3ccccc3)=CC[C@@H]2C[C@@]1(C)c1cccc(OCc2ccccc2)c1. The molecule has 0 bridgehead atoms. The van der Waals surface area contributed by atoms with Crippen LogP contribution in [0.3, 0.4) is 0 Å². The summed E-state index contributed by atoms with van der Waals surface area (Å²) in [4.78, 5) is 15.5. The van der Waals surface area contributed by atoms with Gasteiger partial charge < -0.3 is 9.64 Å². The summed E-state index contributed by atoms with van der Waals surface area (Å²) in [5, 5.41) is 0. The van der Waals surface area contributed by atoms with Gasteiger partial charge in [0.2, 0.25) is 0 Å². The molecule has 1 amide bonds. The van der Waals surface area contributed by atoms with E-state index in [4.69, 9.17) is 4.74 Å². The Hall–Kier alpha value is -3.33. The van der Waals surface area contributed by atoms with Crippen LogP contribution < -0.4 is 4.74 Å². The van der Waals surface area contributed by atoms with Crippen LogP contribution in [0.5, 0.6) is 5.75 Å². The van der Waals surface area contributed by atoms with Gasteiger partial charge in [0.15, 0.2) is 0 Å². The van der Waals surface area contributed by atoms with Gasteiger partial charge in [0.25, 0.3) is 5.91 Å².